The number of aromatic nitrogens is 3. The van der Waals surface area contributed by atoms with Crippen LogP contribution in [0.25, 0.3) is 21.3 Å². The summed E-state index contributed by atoms with van der Waals surface area (Å²) in [5.74, 6) is -5.88. The molecule has 0 spiro atoms. The maximum atomic E-state index is 15.7. The van der Waals surface area contributed by atoms with Crippen molar-refractivity contribution in [2.45, 2.75) is 83.2 Å². The molecule has 242 valence electrons. The lowest BCUT2D eigenvalue weighted by Gasteiger charge is -2.32. The first-order valence-corrected chi connectivity index (χ1v) is 16.0. The van der Waals surface area contributed by atoms with Crippen LogP contribution in [0.1, 0.15) is 70.5 Å². The number of hydrogen-bond acceptors (Lipinski definition) is 9. The fraction of sp³-hybridized carbons (Fsp3) is 0.556. The largest absolute Gasteiger partial charge is 0.481 e. The quantitative estimate of drug-likeness (QED) is 0.227. The van der Waals surface area contributed by atoms with Crippen molar-refractivity contribution in [2.75, 3.05) is 13.1 Å². The minimum absolute atomic E-state index is 0.0147. The summed E-state index contributed by atoms with van der Waals surface area (Å²) in [5.41, 5.74) is -2.75. The molecule has 0 bridgehead atoms. The van der Waals surface area contributed by atoms with Gasteiger partial charge < -0.3 is 9.63 Å². The van der Waals surface area contributed by atoms with Gasteiger partial charge in [-0.2, -0.15) is 4.98 Å². The molecule has 1 fully saturated rings. The topological polar surface area (TPSA) is 139 Å². The summed E-state index contributed by atoms with van der Waals surface area (Å²) in [4.78, 5) is 20.6. The zero-order valence-corrected chi connectivity index (χ0v) is 26.0. The number of halogens is 5. The van der Waals surface area contributed by atoms with Crippen LogP contribution in [-0.2, 0) is 27.8 Å². The summed E-state index contributed by atoms with van der Waals surface area (Å²) < 4.78 is 106. The van der Waals surface area contributed by atoms with Crippen molar-refractivity contribution in [3.63, 3.8) is 0 Å². The van der Waals surface area contributed by atoms with Crippen LogP contribution in [0.15, 0.2) is 21.6 Å². The highest BCUT2D eigenvalue weighted by Crippen LogP contribution is 2.43. The lowest BCUT2D eigenvalue weighted by atomic mass is 9.90. The van der Waals surface area contributed by atoms with Gasteiger partial charge in [-0.25, -0.2) is 40.1 Å². The molecular weight excluding hydrogens is 633 g/mol. The normalized spacial score (nSPS) is 16.9. The fourth-order valence-corrected chi connectivity index (χ4v) is 7.08. The lowest BCUT2D eigenvalue weighted by Crippen LogP contribution is -2.42. The lowest BCUT2D eigenvalue weighted by molar-refractivity contribution is -0.147. The number of hydrogen-bond donors (Lipinski definition) is 2. The molecule has 2 aromatic heterocycles. The Bertz CT molecular complexity index is 1630. The van der Waals surface area contributed by atoms with Gasteiger partial charge in [-0.1, -0.05) is 18.1 Å². The number of alkyl halides is 4. The number of thiazole rings is 1. The van der Waals surface area contributed by atoms with Crippen LogP contribution < -0.4 is 4.72 Å². The van der Waals surface area contributed by atoms with Crippen molar-refractivity contribution in [1.82, 2.24) is 24.7 Å². The van der Waals surface area contributed by atoms with Crippen molar-refractivity contribution in [2.24, 2.45) is 5.41 Å². The molecule has 0 aliphatic carbocycles. The Labute approximate surface area is 254 Å². The number of likely N-dealkylation sites (tertiary alicyclic amines) is 1. The highest BCUT2D eigenvalue weighted by atomic mass is 32.2. The van der Waals surface area contributed by atoms with Crippen molar-refractivity contribution in [3.8, 4) is 21.3 Å². The molecule has 10 nitrogen and oxygen atoms in total. The monoisotopic (exact) mass is 665 g/mol. The summed E-state index contributed by atoms with van der Waals surface area (Å²) in [7, 11) is -4.50. The third-order valence-electron chi connectivity index (χ3n) is 7.24. The van der Waals surface area contributed by atoms with Crippen molar-refractivity contribution in [3.05, 3.63) is 35.1 Å². The molecule has 1 saturated heterocycles. The number of carboxylic acids is 1. The molecule has 3 aromatic rings. The number of benzene rings is 1. The predicted octanol–water partition coefficient (Wildman–Crippen LogP) is 5.90. The second-order valence-corrected chi connectivity index (χ2v) is 14.1. The molecule has 44 heavy (non-hydrogen) atoms. The molecule has 1 aromatic carbocycles. The van der Waals surface area contributed by atoms with E-state index in [2.05, 4.69) is 19.8 Å². The first-order chi connectivity index (χ1) is 20.4. The fourth-order valence-electron chi connectivity index (χ4n) is 4.63. The number of sulfonamides is 1. The number of nitrogens with one attached hydrogen (secondary N) is 1. The standard InChI is InChI=1S/C27H32F5N5O5S2/c1-5-14(2)36-44(40,41)17-8-7-15(19(20(17)28)22(29)30)21-16(12-37-10-6-9-27(31,32)13-37)33-24(43-21)23-34-18(42-35-23)11-26(3,4)25(38)39/h7-8,14,22,36H,5-6,9-13H2,1-4H3,(H,38,39)/t14-/m1/s1. The average molecular weight is 666 g/mol. The van der Waals surface area contributed by atoms with E-state index in [1.807, 2.05) is 0 Å². The number of nitrogens with zero attached hydrogens (tertiary/aromatic N) is 4. The van der Waals surface area contributed by atoms with Gasteiger partial charge in [0.15, 0.2) is 10.8 Å². The van der Waals surface area contributed by atoms with Crippen LogP contribution in [0.2, 0.25) is 0 Å². The molecule has 2 N–H and O–H groups in total. The zero-order valence-electron chi connectivity index (χ0n) is 24.3. The maximum Gasteiger partial charge on any atom is 0.309 e. The van der Waals surface area contributed by atoms with E-state index in [1.54, 1.807) is 13.8 Å². The number of aliphatic carboxylic acids is 1. The highest BCUT2D eigenvalue weighted by Gasteiger charge is 2.37. The van der Waals surface area contributed by atoms with E-state index in [0.717, 1.165) is 23.5 Å². The number of rotatable bonds is 12. The van der Waals surface area contributed by atoms with E-state index < -0.39 is 62.6 Å². The number of carboxylic acid groups (broad SMARTS) is 1. The summed E-state index contributed by atoms with van der Waals surface area (Å²) in [6.07, 6.45) is -3.34. The Morgan fingerprint density at radius 1 is 1.27 bits per heavy atom. The van der Waals surface area contributed by atoms with Crippen LogP contribution in [0.5, 0.6) is 0 Å². The van der Waals surface area contributed by atoms with Crippen LogP contribution in [0.4, 0.5) is 22.0 Å². The van der Waals surface area contributed by atoms with Gasteiger partial charge >= 0.3 is 5.97 Å². The van der Waals surface area contributed by atoms with E-state index in [1.165, 1.54) is 18.7 Å². The first kappa shape index (κ1) is 33.9. The smallest absolute Gasteiger partial charge is 0.309 e. The molecule has 0 amide bonds. The number of piperidine rings is 1. The van der Waals surface area contributed by atoms with Crippen LogP contribution >= 0.6 is 11.3 Å². The van der Waals surface area contributed by atoms with Gasteiger partial charge in [0.05, 0.1) is 28.1 Å². The summed E-state index contributed by atoms with van der Waals surface area (Å²) in [6, 6.07) is 1.33. The summed E-state index contributed by atoms with van der Waals surface area (Å²) in [5, 5.41) is 13.3. The van der Waals surface area contributed by atoms with Gasteiger partial charge in [0.25, 0.3) is 12.3 Å². The van der Waals surface area contributed by atoms with E-state index in [0.29, 0.717) is 6.42 Å². The van der Waals surface area contributed by atoms with Gasteiger partial charge in [0.1, 0.15) is 4.90 Å². The van der Waals surface area contributed by atoms with E-state index in [9.17, 15) is 35.9 Å². The Balaban J connectivity index is 1.82. The van der Waals surface area contributed by atoms with Gasteiger partial charge in [0, 0.05) is 31.0 Å². The molecule has 4 rings (SSSR count). The molecule has 1 atom stereocenters. The summed E-state index contributed by atoms with van der Waals surface area (Å²) >= 11 is 0.768. The zero-order chi connectivity index (χ0) is 32.6. The Hall–Kier alpha value is -3.02. The molecule has 3 heterocycles. The van der Waals surface area contributed by atoms with E-state index in [-0.39, 0.29) is 65.2 Å². The molecule has 0 radical (unpaired) electrons. The predicted molar refractivity (Wildman–Crippen MR) is 150 cm³/mol. The first-order valence-electron chi connectivity index (χ1n) is 13.7. The molecular formula is C27H32F5N5O5S2. The van der Waals surface area contributed by atoms with E-state index >= 15 is 4.39 Å². The average Bonchev–Trinajstić information content (AvgIpc) is 3.53. The van der Waals surface area contributed by atoms with Gasteiger partial charge in [-0.15, -0.1) is 11.3 Å². The Morgan fingerprint density at radius 2 is 1.98 bits per heavy atom. The minimum Gasteiger partial charge on any atom is -0.481 e. The molecule has 1 aliphatic heterocycles. The Kier molecular flexibility index (Phi) is 9.83. The van der Waals surface area contributed by atoms with Crippen LogP contribution in [0.3, 0.4) is 0 Å². The van der Waals surface area contributed by atoms with Crippen molar-refractivity contribution in [1.29, 1.82) is 0 Å². The van der Waals surface area contributed by atoms with Gasteiger partial charge in [-0.3, -0.25) is 9.69 Å². The highest BCUT2D eigenvalue weighted by molar-refractivity contribution is 7.89. The second-order valence-electron chi connectivity index (χ2n) is 11.4. The number of carbonyl (C=O) groups is 1. The SMILES string of the molecule is CC[C@@H](C)NS(=O)(=O)c1ccc(-c2sc(-c3noc(CC(C)(C)C(=O)O)n3)nc2CN2CCCC(F)(F)C2)c(C(F)F)c1F. The van der Waals surface area contributed by atoms with Crippen molar-refractivity contribution >= 4 is 27.3 Å². The van der Waals surface area contributed by atoms with Crippen molar-refractivity contribution < 1.29 is 44.8 Å². The Morgan fingerprint density at radius 3 is 2.59 bits per heavy atom. The molecule has 1 aliphatic rings. The third kappa shape index (κ3) is 7.43. The van der Waals surface area contributed by atoms with Crippen LogP contribution in [0, 0.1) is 11.2 Å². The third-order valence-corrected chi connectivity index (χ3v) is 9.97. The summed E-state index contributed by atoms with van der Waals surface area (Å²) in [6.45, 7) is 5.60. The second kappa shape index (κ2) is 12.8. The molecule has 0 saturated carbocycles. The molecule has 0 unspecified atom stereocenters. The van der Waals surface area contributed by atoms with E-state index in [4.69, 9.17) is 4.52 Å². The minimum atomic E-state index is -4.50. The molecule has 17 heteroatoms. The van der Waals surface area contributed by atoms with Gasteiger partial charge in [-0.05, 0) is 46.2 Å². The van der Waals surface area contributed by atoms with Crippen LogP contribution in [-0.4, -0.2) is 64.6 Å². The maximum absolute atomic E-state index is 15.7. The van der Waals surface area contributed by atoms with Gasteiger partial charge in [0.2, 0.25) is 21.7 Å².